The molecule has 0 unspecified atom stereocenters. The molecule has 0 radical (unpaired) electrons. The summed E-state index contributed by atoms with van der Waals surface area (Å²) in [5.74, 6) is 0.625. The van der Waals surface area contributed by atoms with Gasteiger partial charge in [-0.3, -0.25) is 9.18 Å². The number of likely N-dealkylation sites (tertiary alicyclic amines) is 1. The van der Waals surface area contributed by atoms with Crippen molar-refractivity contribution in [3.05, 3.63) is 29.3 Å². The van der Waals surface area contributed by atoms with Gasteiger partial charge in [0.1, 0.15) is 0 Å². The Balaban J connectivity index is 0.000000924. The van der Waals surface area contributed by atoms with Gasteiger partial charge in [-0.2, -0.15) is 0 Å². The first-order chi connectivity index (χ1) is 11.3. The fourth-order valence-corrected chi connectivity index (χ4v) is 3.35. The minimum atomic E-state index is -0.404. The Morgan fingerprint density at radius 1 is 1.35 bits per heavy atom. The summed E-state index contributed by atoms with van der Waals surface area (Å²) in [7, 11) is 0. The van der Waals surface area contributed by atoms with Crippen LogP contribution in [0.4, 0.5) is 10.1 Å². The highest BCUT2D eigenvalue weighted by Crippen LogP contribution is 2.34. The predicted molar refractivity (Wildman–Crippen MR) is 92.4 cm³/mol. The number of anilines is 1. The lowest BCUT2D eigenvalue weighted by Gasteiger charge is -2.33. The van der Waals surface area contributed by atoms with Crippen molar-refractivity contribution in [3.8, 4) is 0 Å². The van der Waals surface area contributed by atoms with E-state index in [1.54, 1.807) is 0 Å². The largest absolute Gasteiger partial charge is 0.343 e. The molecule has 2 aliphatic rings. The van der Waals surface area contributed by atoms with Crippen LogP contribution in [0.1, 0.15) is 42.7 Å². The van der Waals surface area contributed by atoms with Gasteiger partial charge in [0.25, 0.3) is 0 Å². The molecular formula is C17H25ClFN3O. The fraction of sp³-hybridized carbons (Fsp3) is 0.588. The van der Waals surface area contributed by atoms with E-state index < -0.39 is 6.67 Å². The number of carbonyl (C=O) groups is 1. The molecule has 128 valence electrons. The van der Waals surface area contributed by atoms with Crippen LogP contribution in [0.2, 0.25) is 0 Å². The fourth-order valence-electron chi connectivity index (χ4n) is 3.35. The highest BCUT2D eigenvalue weighted by Gasteiger charge is 2.26. The summed E-state index contributed by atoms with van der Waals surface area (Å²) in [6.07, 6.45) is 4.16. The Kier molecular flexibility index (Phi) is 7.12. The van der Waals surface area contributed by atoms with Crippen LogP contribution in [-0.4, -0.2) is 37.0 Å². The van der Waals surface area contributed by atoms with E-state index in [0.717, 1.165) is 32.5 Å². The minimum absolute atomic E-state index is 0.104. The quantitative estimate of drug-likeness (QED) is 0.825. The van der Waals surface area contributed by atoms with Gasteiger partial charge < -0.3 is 10.3 Å². The van der Waals surface area contributed by atoms with Gasteiger partial charge in [0.15, 0.2) is 0 Å². The second-order valence-electron chi connectivity index (χ2n) is 5.80. The molecule has 1 amide bonds. The van der Waals surface area contributed by atoms with Crippen molar-refractivity contribution in [1.82, 2.24) is 10.3 Å². The van der Waals surface area contributed by atoms with Gasteiger partial charge in [-0.05, 0) is 42.4 Å². The number of nitrogens with zero attached hydrogens (tertiary/aromatic N) is 1. The normalized spacial score (nSPS) is 17.1. The Morgan fingerprint density at radius 3 is 2.78 bits per heavy atom. The predicted octanol–water partition coefficient (Wildman–Crippen LogP) is 3.43. The van der Waals surface area contributed by atoms with Crippen LogP contribution in [0.15, 0.2) is 18.2 Å². The van der Waals surface area contributed by atoms with E-state index in [2.05, 4.69) is 40.7 Å². The monoisotopic (exact) mass is 341 g/mol. The van der Waals surface area contributed by atoms with Crippen LogP contribution in [0.3, 0.4) is 0 Å². The first kappa shape index (κ1) is 18.0. The van der Waals surface area contributed by atoms with Gasteiger partial charge in [0, 0.05) is 32.4 Å². The number of piperidine rings is 1. The van der Waals surface area contributed by atoms with Gasteiger partial charge >= 0.3 is 0 Å². The Labute approximate surface area is 142 Å². The number of hydrazine groups is 1. The van der Waals surface area contributed by atoms with Crippen molar-refractivity contribution < 1.29 is 9.18 Å². The van der Waals surface area contributed by atoms with Crippen molar-refractivity contribution in [3.63, 3.8) is 0 Å². The lowest BCUT2D eigenvalue weighted by Crippen LogP contribution is -2.38. The Hall–Kier alpha value is -1.33. The number of carbonyl (C=O) groups excluding carboxylic acids is 1. The highest BCUT2D eigenvalue weighted by atomic mass is 35.5. The molecule has 4 nitrogen and oxygen atoms in total. The zero-order valence-electron chi connectivity index (χ0n) is 13.6. The summed E-state index contributed by atoms with van der Waals surface area (Å²) in [5.41, 5.74) is 10.3. The number of benzene rings is 1. The molecule has 2 aliphatic heterocycles. The molecule has 1 saturated heterocycles. The van der Waals surface area contributed by atoms with Crippen LogP contribution in [0.5, 0.6) is 0 Å². The molecule has 2 N–H and O–H groups in total. The summed E-state index contributed by atoms with van der Waals surface area (Å²) in [6.45, 7) is 2.04. The lowest BCUT2D eigenvalue weighted by atomic mass is 9.86. The number of halogens is 2. The molecule has 23 heavy (non-hydrogen) atoms. The number of hydrogen-bond donors (Lipinski definition) is 2. The Morgan fingerprint density at radius 2 is 2.09 bits per heavy atom. The maximum Gasteiger partial charge on any atom is 0.222 e. The van der Waals surface area contributed by atoms with Crippen molar-refractivity contribution in [2.24, 2.45) is 0 Å². The van der Waals surface area contributed by atoms with E-state index in [9.17, 15) is 9.18 Å². The third kappa shape index (κ3) is 4.36. The lowest BCUT2D eigenvalue weighted by molar-refractivity contribution is -0.132. The highest BCUT2D eigenvalue weighted by molar-refractivity contribution is 6.15. The van der Waals surface area contributed by atoms with Gasteiger partial charge in [-0.25, -0.2) is 5.43 Å². The molecule has 0 atom stereocenters. The first-order valence-electron chi connectivity index (χ1n) is 8.12. The summed E-state index contributed by atoms with van der Waals surface area (Å²) in [6, 6.07) is 6.39. The van der Waals surface area contributed by atoms with Gasteiger partial charge in [-0.15, -0.1) is 11.6 Å². The zero-order chi connectivity index (χ0) is 16.7. The first-order valence-corrected chi connectivity index (χ1v) is 8.87. The molecule has 0 aliphatic carbocycles. The second-order valence-corrected chi connectivity index (χ2v) is 5.80. The minimum Gasteiger partial charge on any atom is -0.343 e. The van der Waals surface area contributed by atoms with E-state index in [0.29, 0.717) is 18.8 Å². The van der Waals surface area contributed by atoms with Gasteiger partial charge in [0.2, 0.25) is 5.91 Å². The smallest absolute Gasteiger partial charge is 0.222 e. The molecule has 6 heteroatoms. The van der Waals surface area contributed by atoms with Crippen molar-refractivity contribution >= 4 is 23.2 Å². The standard InChI is InChI=1S/C16H22FN3O.CH3Cl/c17-8-2-5-16(21)20-9-6-12(7-10-20)13-3-1-4-15-14(13)11-18-19-15;1-2/h1,3-4,12,18-19H,2,5-11H2;1H3. The molecule has 3 rings (SSSR count). The third-order valence-corrected chi connectivity index (χ3v) is 4.51. The maximum absolute atomic E-state index is 12.1. The van der Waals surface area contributed by atoms with Crippen molar-refractivity contribution in [2.75, 3.05) is 31.6 Å². The second kappa shape index (κ2) is 9.08. The molecule has 1 aromatic carbocycles. The molecule has 1 aromatic rings. The molecule has 0 aromatic heterocycles. The van der Waals surface area contributed by atoms with Crippen molar-refractivity contribution in [2.45, 2.75) is 38.1 Å². The Bertz CT molecular complexity index is 519. The molecule has 2 heterocycles. The number of nitrogens with one attached hydrogen (secondary N) is 2. The number of rotatable bonds is 4. The number of amides is 1. The van der Waals surface area contributed by atoms with Crippen LogP contribution in [0.25, 0.3) is 0 Å². The number of alkyl halides is 2. The summed E-state index contributed by atoms with van der Waals surface area (Å²) >= 11 is 4.64. The summed E-state index contributed by atoms with van der Waals surface area (Å²) in [4.78, 5) is 13.8. The SMILES string of the molecule is CCl.O=C(CCCF)N1CCC(c2cccc3c2CNN3)CC1. The van der Waals surface area contributed by atoms with E-state index in [4.69, 9.17) is 0 Å². The molecule has 0 saturated carbocycles. The van der Waals surface area contributed by atoms with E-state index >= 15 is 0 Å². The molecule has 0 spiro atoms. The maximum atomic E-state index is 12.1. The van der Waals surface area contributed by atoms with E-state index in [1.807, 2.05) is 4.90 Å². The average Bonchev–Trinajstić information content (AvgIpc) is 3.10. The van der Waals surface area contributed by atoms with Gasteiger partial charge in [-0.1, -0.05) is 12.1 Å². The van der Waals surface area contributed by atoms with Crippen LogP contribution >= 0.6 is 11.6 Å². The van der Waals surface area contributed by atoms with Crippen LogP contribution in [-0.2, 0) is 11.3 Å². The van der Waals surface area contributed by atoms with E-state index in [-0.39, 0.29) is 5.91 Å². The molecule has 0 bridgehead atoms. The molecule has 1 fully saturated rings. The molecular weight excluding hydrogens is 317 g/mol. The summed E-state index contributed by atoms with van der Waals surface area (Å²) < 4.78 is 12.1. The van der Waals surface area contributed by atoms with Crippen LogP contribution < -0.4 is 10.9 Å². The van der Waals surface area contributed by atoms with Crippen molar-refractivity contribution in [1.29, 1.82) is 0 Å². The van der Waals surface area contributed by atoms with E-state index in [1.165, 1.54) is 23.2 Å². The zero-order valence-corrected chi connectivity index (χ0v) is 14.3. The summed E-state index contributed by atoms with van der Waals surface area (Å²) in [5, 5.41) is 0. The number of hydrogen-bond acceptors (Lipinski definition) is 3. The van der Waals surface area contributed by atoms with Crippen LogP contribution in [0, 0.1) is 0 Å². The topological polar surface area (TPSA) is 44.4 Å². The number of fused-ring (bicyclic) bond motifs is 1. The average molecular weight is 342 g/mol. The third-order valence-electron chi connectivity index (χ3n) is 4.51. The van der Waals surface area contributed by atoms with Gasteiger partial charge in [0.05, 0.1) is 12.4 Å².